The van der Waals surface area contributed by atoms with Crippen LogP contribution in [-0.2, 0) is 13.1 Å². The Hall–Kier alpha value is -1.84. The maximum Gasteiger partial charge on any atom is 0.146 e. The van der Waals surface area contributed by atoms with Gasteiger partial charge in [-0.2, -0.15) is 5.10 Å². The molecular formula is C13H16FN3. The second kappa shape index (κ2) is 4.99. The molecule has 0 aliphatic heterocycles. The molecule has 0 radical (unpaired) electrons. The minimum atomic E-state index is -0.215. The van der Waals surface area contributed by atoms with Gasteiger partial charge in [0.05, 0.1) is 11.9 Å². The molecule has 4 heteroatoms. The number of aryl methyl sites for hydroxylation is 2. The van der Waals surface area contributed by atoms with E-state index in [9.17, 15) is 4.39 Å². The maximum atomic E-state index is 13.5. The van der Waals surface area contributed by atoms with E-state index in [2.05, 4.69) is 10.4 Å². The van der Waals surface area contributed by atoms with Crippen LogP contribution in [0.2, 0.25) is 0 Å². The summed E-state index contributed by atoms with van der Waals surface area (Å²) in [4.78, 5) is 0. The lowest BCUT2D eigenvalue weighted by Gasteiger charge is -2.06. The number of benzene rings is 1. The summed E-state index contributed by atoms with van der Waals surface area (Å²) in [5.41, 5.74) is 2.50. The molecule has 1 aromatic heterocycles. The highest BCUT2D eigenvalue weighted by atomic mass is 19.1. The van der Waals surface area contributed by atoms with Gasteiger partial charge in [-0.1, -0.05) is 6.07 Å². The van der Waals surface area contributed by atoms with Crippen LogP contribution in [0.3, 0.4) is 0 Å². The van der Waals surface area contributed by atoms with Crippen LogP contribution in [0.15, 0.2) is 30.6 Å². The third-order valence-electron chi connectivity index (χ3n) is 2.62. The van der Waals surface area contributed by atoms with Gasteiger partial charge in [0.2, 0.25) is 0 Å². The van der Waals surface area contributed by atoms with E-state index in [1.54, 1.807) is 12.3 Å². The van der Waals surface area contributed by atoms with Gasteiger partial charge < -0.3 is 5.32 Å². The lowest BCUT2D eigenvalue weighted by molar-refractivity contribution is 0.629. The van der Waals surface area contributed by atoms with Gasteiger partial charge in [0.15, 0.2) is 0 Å². The average Bonchev–Trinajstić information content (AvgIpc) is 2.76. The van der Waals surface area contributed by atoms with Crippen LogP contribution in [0.25, 0.3) is 0 Å². The SMILES string of the molecule is CCn1cc(CNc2ccc(C)cc2F)cn1. The number of hydrogen-bond acceptors (Lipinski definition) is 2. The van der Waals surface area contributed by atoms with Crippen molar-refractivity contribution in [2.24, 2.45) is 0 Å². The Bertz CT molecular complexity index is 505. The first-order valence-electron chi connectivity index (χ1n) is 5.70. The summed E-state index contributed by atoms with van der Waals surface area (Å²) in [6, 6.07) is 5.17. The van der Waals surface area contributed by atoms with E-state index in [1.165, 1.54) is 6.07 Å². The molecule has 0 atom stereocenters. The summed E-state index contributed by atoms with van der Waals surface area (Å²) in [6.07, 6.45) is 3.75. The molecule has 2 rings (SSSR count). The van der Waals surface area contributed by atoms with Crippen molar-refractivity contribution >= 4 is 5.69 Å². The molecule has 1 aromatic carbocycles. The van der Waals surface area contributed by atoms with E-state index in [-0.39, 0.29) is 5.82 Å². The van der Waals surface area contributed by atoms with Crippen LogP contribution >= 0.6 is 0 Å². The fourth-order valence-electron chi connectivity index (χ4n) is 1.63. The fraction of sp³-hybridized carbons (Fsp3) is 0.308. The Morgan fingerprint density at radius 1 is 1.41 bits per heavy atom. The third-order valence-corrected chi connectivity index (χ3v) is 2.62. The van der Waals surface area contributed by atoms with Crippen molar-refractivity contribution in [2.75, 3.05) is 5.32 Å². The molecule has 0 aliphatic rings. The van der Waals surface area contributed by atoms with Crippen LogP contribution < -0.4 is 5.32 Å². The van der Waals surface area contributed by atoms with Gasteiger partial charge in [-0.3, -0.25) is 4.68 Å². The summed E-state index contributed by atoms with van der Waals surface area (Å²) in [7, 11) is 0. The highest BCUT2D eigenvalue weighted by Crippen LogP contribution is 2.16. The molecule has 0 aliphatic carbocycles. The first-order valence-corrected chi connectivity index (χ1v) is 5.70. The number of nitrogens with one attached hydrogen (secondary N) is 1. The highest BCUT2D eigenvalue weighted by Gasteiger charge is 2.02. The Morgan fingerprint density at radius 3 is 2.88 bits per heavy atom. The Balaban J connectivity index is 2.02. The van der Waals surface area contributed by atoms with Gasteiger partial charge in [-0.15, -0.1) is 0 Å². The third kappa shape index (κ3) is 2.84. The zero-order valence-electron chi connectivity index (χ0n) is 10.1. The largest absolute Gasteiger partial charge is 0.378 e. The van der Waals surface area contributed by atoms with E-state index in [0.717, 1.165) is 17.7 Å². The summed E-state index contributed by atoms with van der Waals surface area (Å²) >= 11 is 0. The van der Waals surface area contributed by atoms with E-state index in [0.29, 0.717) is 12.2 Å². The van der Waals surface area contributed by atoms with Gasteiger partial charge in [0.1, 0.15) is 5.82 Å². The Kier molecular flexibility index (Phi) is 3.42. The molecule has 0 bridgehead atoms. The average molecular weight is 233 g/mol. The van der Waals surface area contributed by atoms with E-state index < -0.39 is 0 Å². The molecule has 0 saturated carbocycles. The zero-order chi connectivity index (χ0) is 12.3. The van der Waals surface area contributed by atoms with Crippen molar-refractivity contribution in [2.45, 2.75) is 26.9 Å². The maximum absolute atomic E-state index is 13.5. The van der Waals surface area contributed by atoms with Crippen LogP contribution in [0.5, 0.6) is 0 Å². The van der Waals surface area contributed by atoms with Gasteiger partial charge >= 0.3 is 0 Å². The molecule has 2 aromatic rings. The number of aromatic nitrogens is 2. The quantitative estimate of drug-likeness (QED) is 0.879. The normalized spacial score (nSPS) is 10.5. The van der Waals surface area contributed by atoms with Gasteiger partial charge in [0, 0.05) is 24.8 Å². The number of halogens is 1. The zero-order valence-corrected chi connectivity index (χ0v) is 10.1. The molecule has 0 unspecified atom stereocenters. The molecule has 3 nitrogen and oxygen atoms in total. The smallest absolute Gasteiger partial charge is 0.146 e. The van der Waals surface area contributed by atoms with Gasteiger partial charge in [-0.25, -0.2) is 4.39 Å². The van der Waals surface area contributed by atoms with Crippen LogP contribution in [0.4, 0.5) is 10.1 Å². The van der Waals surface area contributed by atoms with E-state index in [1.807, 2.05) is 30.8 Å². The molecule has 0 fully saturated rings. The second-order valence-electron chi connectivity index (χ2n) is 4.04. The first kappa shape index (κ1) is 11.6. The Labute approximate surface area is 100 Å². The molecule has 17 heavy (non-hydrogen) atoms. The van der Waals surface area contributed by atoms with Gasteiger partial charge in [-0.05, 0) is 31.5 Å². The molecule has 1 heterocycles. The van der Waals surface area contributed by atoms with E-state index >= 15 is 0 Å². The predicted octanol–water partition coefficient (Wildman–Crippen LogP) is 2.96. The lowest BCUT2D eigenvalue weighted by atomic mass is 10.2. The first-order chi connectivity index (χ1) is 8.19. The van der Waals surface area contributed by atoms with Crippen molar-refractivity contribution in [1.29, 1.82) is 0 Å². The van der Waals surface area contributed by atoms with Crippen molar-refractivity contribution in [3.05, 3.63) is 47.5 Å². The molecule has 0 saturated heterocycles. The van der Waals surface area contributed by atoms with E-state index in [4.69, 9.17) is 0 Å². The lowest BCUT2D eigenvalue weighted by Crippen LogP contribution is -2.01. The topological polar surface area (TPSA) is 29.9 Å². The van der Waals surface area contributed by atoms with Crippen molar-refractivity contribution in [1.82, 2.24) is 9.78 Å². The number of hydrogen-bond donors (Lipinski definition) is 1. The van der Waals surface area contributed by atoms with Crippen molar-refractivity contribution in [3.8, 4) is 0 Å². The minimum Gasteiger partial charge on any atom is -0.378 e. The molecule has 0 spiro atoms. The number of rotatable bonds is 4. The van der Waals surface area contributed by atoms with Crippen LogP contribution in [0, 0.1) is 12.7 Å². The highest BCUT2D eigenvalue weighted by molar-refractivity contribution is 5.46. The minimum absolute atomic E-state index is 0.215. The van der Waals surface area contributed by atoms with Crippen LogP contribution in [0.1, 0.15) is 18.1 Å². The number of anilines is 1. The Morgan fingerprint density at radius 2 is 2.24 bits per heavy atom. The molecule has 1 N–H and O–H groups in total. The second-order valence-corrected chi connectivity index (χ2v) is 4.04. The molecule has 90 valence electrons. The predicted molar refractivity (Wildman–Crippen MR) is 66.4 cm³/mol. The number of nitrogens with zero attached hydrogens (tertiary/aromatic N) is 2. The molecular weight excluding hydrogens is 217 g/mol. The van der Waals surface area contributed by atoms with Crippen molar-refractivity contribution in [3.63, 3.8) is 0 Å². The standard InChI is InChI=1S/C13H16FN3/c1-3-17-9-11(8-16-17)7-15-13-5-4-10(2)6-12(13)14/h4-6,8-9,15H,3,7H2,1-2H3. The summed E-state index contributed by atoms with van der Waals surface area (Å²) in [5, 5.41) is 7.23. The monoisotopic (exact) mass is 233 g/mol. The van der Waals surface area contributed by atoms with Crippen molar-refractivity contribution < 1.29 is 4.39 Å². The molecule has 0 amide bonds. The van der Waals surface area contributed by atoms with Gasteiger partial charge in [0.25, 0.3) is 0 Å². The fourth-order valence-corrected chi connectivity index (χ4v) is 1.63. The van der Waals surface area contributed by atoms with Crippen LogP contribution in [-0.4, -0.2) is 9.78 Å². The summed E-state index contributed by atoms with van der Waals surface area (Å²) in [6.45, 7) is 5.33. The summed E-state index contributed by atoms with van der Waals surface area (Å²) in [5.74, 6) is -0.215. The summed E-state index contributed by atoms with van der Waals surface area (Å²) < 4.78 is 15.4.